The van der Waals surface area contributed by atoms with Crippen molar-refractivity contribution in [3.05, 3.63) is 66.3 Å². The lowest BCUT2D eigenvalue weighted by Gasteiger charge is -2.29. The first kappa shape index (κ1) is 18.1. The number of benzene rings is 2. The van der Waals surface area contributed by atoms with E-state index >= 15 is 0 Å². The molecule has 0 aliphatic carbocycles. The molecule has 0 radical (unpaired) electrons. The number of carbonyl (C=O) groups is 1. The number of halogens is 2. The number of aromatic nitrogens is 3. The second kappa shape index (κ2) is 7.73. The predicted molar refractivity (Wildman–Crippen MR) is 98.7 cm³/mol. The molecule has 144 valence electrons. The van der Waals surface area contributed by atoms with Gasteiger partial charge >= 0.3 is 0 Å². The van der Waals surface area contributed by atoms with Crippen LogP contribution in [0.5, 0.6) is 0 Å². The van der Waals surface area contributed by atoms with Crippen LogP contribution in [0, 0.1) is 11.6 Å². The van der Waals surface area contributed by atoms with Gasteiger partial charge in [-0.1, -0.05) is 0 Å². The Hall–Kier alpha value is -3.33. The molecule has 3 aromatic rings. The number of morpholine rings is 1. The molecular weight excluding hydrogens is 368 g/mol. The highest BCUT2D eigenvalue weighted by Crippen LogP contribution is 2.24. The molecule has 2 aromatic carbocycles. The van der Waals surface area contributed by atoms with E-state index in [4.69, 9.17) is 4.74 Å². The van der Waals surface area contributed by atoms with Crippen molar-refractivity contribution >= 4 is 17.3 Å². The minimum atomic E-state index is -0.619. The highest BCUT2D eigenvalue weighted by molar-refractivity contribution is 6.04. The fraction of sp³-hybridized carbons (Fsp3) is 0.211. The number of nitrogens with one attached hydrogen (secondary N) is 1. The topological polar surface area (TPSA) is 72.3 Å². The summed E-state index contributed by atoms with van der Waals surface area (Å²) in [5.74, 6) is -1.60. The van der Waals surface area contributed by atoms with Crippen LogP contribution in [0.25, 0.3) is 5.69 Å². The Bertz CT molecular complexity index is 988. The number of hydrogen-bond donors (Lipinski definition) is 1. The number of ether oxygens (including phenoxy) is 1. The second-order valence-corrected chi connectivity index (χ2v) is 6.23. The standard InChI is InChI=1S/C19H17F2N5O2/c20-15-9-13(1-3-18(15)26-12-22-11-23-26)19(27)24-14-2-4-17(16(21)10-14)25-5-7-28-8-6-25/h1-4,9-12H,5-8H2,(H,24,27). The van der Waals surface area contributed by atoms with Crippen LogP contribution in [0.1, 0.15) is 10.4 Å². The quantitative estimate of drug-likeness (QED) is 0.748. The van der Waals surface area contributed by atoms with Crippen LogP contribution in [0.4, 0.5) is 20.2 Å². The van der Waals surface area contributed by atoms with Crippen molar-refractivity contribution < 1.29 is 18.3 Å². The van der Waals surface area contributed by atoms with E-state index < -0.39 is 17.5 Å². The molecule has 0 saturated carbocycles. The summed E-state index contributed by atoms with van der Waals surface area (Å²) in [4.78, 5) is 18.1. The fourth-order valence-electron chi connectivity index (χ4n) is 3.02. The number of carbonyl (C=O) groups excluding carboxylic acids is 1. The molecular formula is C19H17F2N5O2. The molecule has 0 spiro atoms. The Morgan fingerprint density at radius 1 is 1.04 bits per heavy atom. The molecule has 2 heterocycles. The summed E-state index contributed by atoms with van der Waals surface area (Å²) in [7, 11) is 0. The summed E-state index contributed by atoms with van der Waals surface area (Å²) < 4.78 is 35.3. The van der Waals surface area contributed by atoms with Crippen molar-refractivity contribution in [2.75, 3.05) is 36.5 Å². The maximum Gasteiger partial charge on any atom is 0.255 e. The average Bonchev–Trinajstić information content (AvgIpc) is 3.23. The van der Waals surface area contributed by atoms with Gasteiger partial charge in [-0.2, -0.15) is 5.10 Å². The van der Waals surface area contributed by atoms with Gasteiger partial charge in [0.05, 0.1) is 18.9 Å². The van der Waals surface area contributed by atoms with Crippen molar-refractivity contribution in [2.24, 2.45) is 0 Å². The van der Waals surface area contributed by atoms with E-state index in [9.17, 15) is 13.6 Å². The van der Waals surface area contributed by atoms with Gasteiger partial charge in [0.1, 0.15) is 30.0 Å². The lowest BCUT2D eigenvalue weighted by molar-refractivity contribution is 0.102. The van der Waals surface area contributed by atoms with Gasteiger partial charge in [0.25, 0.3) is 5.91 Å². The zero-order chi connectivity index (χ0) is 19.5. The smallest absolute Gasteiger partial charge is 0.255 e. The third kappa shape index (κ3) is 3.70. The number of amides is 1. The second-order valence-electron chi connectivity index (χ2n) is 6.23. The Labute approximate surface area is 159 Å². The highest BCUT2D eigenvalue weighted by Gasteiger charge is 2.17. The lowest BCUT2D eigenvalue weighted by atomic mass is 10.1. The van der Waals surface area contributed by atoms with E-state index in [2.05, 4.69) is 15.4 Å². The zero-order valence-corrected chi connectivity index (χ0v) is 14.8. The maximum atomic E-state index is 14.5. The molecule has 0 bridgehead atoms. The summed E-state index contributed by atoms with van der Waals surface area (Å²) in [6.45, 7) is 2.32. The molecule has 1 aliphatic rings. The Balaban J connectivity index is 1.49. The van der Waals surface area contributed by atoms with Crippen LogP contribution >= 0.6 is 0 Å². The van der Waals surface area contributed by atoms with E-state index in [1.807, 2.05) is 4.90 Å². The molecule has 0 atom stereocenters. The first-order chi connectivity index (χ1) is 13.6. The van der Waals surface area contributed by atoms with Gasteiger partial charge in [-0.05, 0) is 36.4 Å². The summed E-state index contributed by atoms with van der Waals surface area (Å²) in [6.07, 6.45) is 2.64. The highest BCUT2D eigenvalue weighted by atomic mass is 19.1. The van der Waals surface area contributed by atoms with Crippen molar-refractivity contribution in [2.45, 2.75) is 0 Å². The van der Waals surface area contributed by atoms with Crippen LogP contribution in [-0.4, -0.2) is 47.0 Å². The zero-order valence-electron chi connectivity index (χ0n) is 14.8. The van der Waals surface area contributed by atoms with Gasteiger partial charge in [-0.3, -0.25) is 4.79 Å². The molecule has 7 nitrogen and oxygen atoms in total. The molecule has 1 amide bonds. The van der Waals surface area contributed by atoms with Crippen LogP contribution in [0.3, 0.4) is 0 Å². The molecule has 0 unspecified atom stereocenters. The molecule has 1 aliphatic heterocycles. The summed E-state index contributed by atoms with van der Waals surface area (Å²) in [5.41, 5.74) is 1.04. The minimum Gasteiger partial charge on any atom is -0.378 e. The third-order valence-electron chi connectivity index (χ3n) is 4.43. The van der Waals surface area contributed by atoms with E-state index in [0.29, 0.717) is 37.7 Å². The SMILES string of the molecule is O=C(Nc1ccc(N2CCOCC2)c(F)c1)c1ccc(-n2cncn2)c(F)c1. The predicted octanol–water partition coefficient (Wildman–Crippen LogP) is 2.63. The fourth-order valence-corrected chi connectivity index (χ4v) is 3.02. The van der Waals surface area contributed by atoms with Crippen LogP contribution in [0.15, 0.2) is 49.1 Å². The normalized spacial score (nSPS) is 14.1. The first-order valence-electron chi connectivity index (χ1n) is 8.70. The van der Waals surface area contributed by atoms with Gasteiger partial charge in [-0.25, -0.2) is 18.4 Å². The Morgan fingerprint density at radius 2 is 1.79 bits per heavy atom. The summed E-state index contributed by atoms with van der Waals surface area (Å²) >= 11 is 0. The van der Waals surface area contributed by atoms with Gasteiger partial charge in [-0.15, -0.1) is 0 Å². The third-order valence-corrected chi connectivity index (χ3v) is 4.43. The molecule has 1 aromatic heterocycles. The van der Waals surface area contributed by atoms with E-state index in [0.717, 1.165) is 6.07 Å². The van der Waals surface area contributed by atoms with Crippen molar-refractivity contribution in [3.8, 4) is 5.69 Å². The number of rotatable bonds is 4. The first-order valence-corrected chi connectivity index (χ1v) is 8.70. The van der Waals surface area contributed by atoms with Crippen LogP contribution in [-0.2, 0) is 4.74 Å². The molecule has 28 heavy (non-hydrogen) atoms. The Morgan fingerprint density at radius 3 is 2.46 bits per heavy atom. The largest absolute Gasteiger partial charge is 0.378 e. The lowest BCUT2D eigenvalue weighted by Crippen LogP contribution is -2.36. The monoisotopic (exact) mass is 385 g/mol. The maximum absolute atomic E-state index is 14.5. The van der Waals surface area contributed by atoms with E-state index in [-0.39, 0.29) is 11.3 Å². The molecule has 4 rings (SSSR count). The van der Waals surface area contributed by atoms with Gasteiger partial charge < -0.3 is 15.0 Å². The van der Waals surface area contributed by atoms with E-state index in [1.54, 1.807) is 12.1 Å². The van der Waals surface area contributed by atoms with Crippen LogP contribution < -0.4 is 10.2 Å². The number of nitrogens with zero attached hydrogens (tertiary/aromatic N) is 4. The van der Waals surface area contributed by atoms with Gasteiger partial charge in [0.2, 0.25) is 0 Å². The van der Waals surface area contributed by atoms with E-state index in [1.165, 1.54) is 35.5 Å². The van der Waals surface area contributed by atoms with Crippen molar-refractivity contribution in [1.29, 1.82) is 0 Å². The molecule has 1 fully saturated rings. The molecule has 1 saturated heterocycles. The van der Waals surface area contributed by atoms with Crippen molar-refractivity contribution in [1.82, 2.24) is 14.8 Å². The number of hydrogen-bond acceptors (Lipinski definition) is 5. The van der Waals surface area contributed by atoms with Crippen LogP contribution in [0.2, 0.25) is 0 Å². The van der Waals surface area contributed by atoms with Gasteiger partial charge in [0.15, 0.2) is 0 Å². The molecule has 9 heteroatoms. The van der Waals surface area contributed by atoms with Gasteiger partial charge in [0, 0.05) is 24.3 Å². The van der Waals surface area contributed by atoms with Crippen molar-refractivity contribution in [3.63, 3.8) is 0 Å². The Kier molecular flexibility index (Phi) is 4.98. The number of anilines is 2. The summed E-state index contributed by atoms with van der Waals surface area (Å²) in [5, 5.41) is 6.44. The summed E-state index contributed by atoms with van der Waals surface area (Å²) in [6, 6.07) is 8.49. The minimum absolute atomic E-state index is 0.110. The average molecular weight is 385 g/mol. The molecule has 1 N–H and O–H groups in total.